The minimum atomic E-state index is -4.66. The van der Waals surface area contributed by atoms with Gasteiger partial charge in [0.05, 0.1) is 41.9 Å². The summed E-state index contributed by atoms with van der Waals surface area (Å²) in [6.45, 7) is 7.42. The summed E-state index contributed by atoms with van der Waals surface area (Å²) in [4.78, 5) is 46.7. The van der Waals surface area contributed by atoms with E-state index in [-0.39, 0.29) is 52.1 Å². The zero-order valence-corrected chi connectivity index (χ0v) is 27.6. The first-order valence-corrected chi connectivity index (χ1v) is 15.3. The fourth-order valence-corrected chi connectivity index (χ4v) is 5.93. The number of amides is 2. The summed E-state index contributed by atoms with van der Waals surface area (Å²) in [6.07, 6.45) is -4.55. The van der Waals surface area contributed by atoms with Crippen molar-refractivity contribution in [2.45, 2.75) is 58.8 Å². The second-order valence-corrected chi connectivity index (χ2v) is 12.3. The lowest BCUT2D eigenvalue weighted by Gasteiger charge is -2.34. The van der Waals surface area contributed by atoms with Gasteiger partial charge in [-0.1, -0.05) is 29.8 Å². The summed E-state index contributed by atoms with van der Waals surface area (Å²) in [7, 11) is 2.92. The van der Waals surface area contributed by atoms with E-state index in [0.29, 0.717) is 22.6 Å². The third-order valence-corrected chi connectivity index (χ3v) is 8.67. The fourth-order valence-electron chi connectivity index (χ4n) is 5.46. The zero-order chi connectivity index (χ0) is 33.7. The number of rotatable bonds is 6. The van der Waals surface area contributed by atoms with Crippen molar-refractivity contribution in [3.05, 3.63) is 96.6 Å². The highest BCUT2D eigenvalue weighted by Crippen LogP contribution is 2.36. The Bertz CT molecular complexity index is 1920. The Morgan fingerprint density at radius 2 is 1.85 bits per heavy atom. The molecule has 0 bridgehead atoms. The quantitative estimate of drug-likeness (QED) is 0.281. The Morgan fingerprint density at radius 3 is 2.46 bits per heavy atom. The van der Waals surface area contributed by atoms with Gasteiger partial charge < -0.3 is 15.0 Å². The van der Waals surface area contributed by atoms with E-state index in [9.17, 15) is 27.6 Å². The lowest BCUT2D eigenvalue weighted by atomic mass is 9.98. The molecule has 1 N–H and O–H groups in total. The molecule has 0 radical (unpaired) electrons. The van der Waals surface area contributed by atoms with Gasteiger partial charge in [-0.25, -0.2) is 14.2 Å². The van der Waals surface area contributed by atoms with Gasteiger partial charge >= 0.3 is 6.18 Å². The smallest absolute Gasteiger partial charge is 0.417 e. The summed E-state index contributed by atoms with van der Waals surface area (Å²) in [5.74, 6) is -0.518. The Labute approximate surface area is 271 Å². The van der Waals surface area contributed by atoms with Crippen molar-refractivity contribution in [2.75, 3.05) is 14.2 Å². The molecule has 10 nitrogen and oxygen atoms in total. The molecule has 2 aromatic heterocycles. The van der Waals surface area contributed by atoms with E-state index >= 15 is 0 Å². The lowest BCUT2D eigenvalue weighted by molar-refractivity contribution is -0.138. The first kappa shape index (κ1) is 32.9. The maximum Gasteiger partial charge on any atom is 0.417 e. The number of aromatic nitrogens is 4. The number of halogens is 4. The topological polar surface area (TPSA) is 111 Å². The van der Waals surface area contributed by atoms with E-state index in [1.807, 2.05) is 26.8 Å². The molecule has 1 aliphatic heterocycles. The molecule has 3 heterocycles. The largest absolute Gasteiger partial charge is 0.496 e. The number of ether oxygens (including phenoxy) is 1. The molecular formula is C32H32BrF3N6O4. The average Bonchev–Trinajstić information content (AvgIpc) is 3.41. The number of carbonyl (C=O) groups excluding carboxylic acids is 2. The molecule has 1 unspecified atom stereocenters. The molecule has 5 rings (SSSR count). The molecular weight excluding hydrogens is 669 g/mol. The second kappa shape index (κ2) is 12.4. The Morgan fingerprint density at radius 1 is 1.13 bits per heavy atom. The van der Waals surface area contributed by atoms with Gasteiger partial charge in [0.1, 0.15) is 5.75 Å². The van der Waals surface area contributed by atoms with Crippen molar-refractivity contribution in [3.63, 3.8) is 0 Å². The molecule has 2 aromatic carbocycles. The van der Waals surface area contributed by atoms with E-state index in [2.05, 4.69) is 21.2 Å². The van der Waals surface area contributed by atoms with Gasteiger partial charge in [-0.15, -0.1) is 0 Å². The van der Waals surface area contributed by atoms with E-state index in [1.165, 1.54) is 35.8 Å². The van der Waals surface area contributed by atoms with Crippen molar-refractivity contribution in [1.29, 1.82) is 0 Å². The highest BCUT2D eigenvalue weighted by Gasteiger charge is 2.36. The SMILES string of the molecule is CNC(=O)c1ccc(-n2c(-n3nc(C(C)C)cc3C)nc3c(c2=O)CC(C)N(C(=O)c2ccc(Br)c(C(F)(F)F)c2)C3)cc1OC. The number of nitrogens with zero attached hydrogens (tertiary/aromatic N) is 5. The van der Waals surface area contributed by atoms with E-state index in [1.54, 1.807) is 29.8 Å². The molecule has 0 fully saturated rings. The van der Waals surface area contributed by atoms with Crippen molar-refractivity contribution < 1.29 is 27.5 Å². The van der Waals surface area contributed by atoms with E-state index < -0.39 is 29.2 Å². The summed E-state index contributed by atoms with van der Waals surface area (Å²) in [6, 6.07) is 9.44. The number of fused-ring (bicyclic) bond motifs is 1. The van der Waals surface area contributed by atoms with Crippen LogP contribution in [-0.4, -0.2) is 56.2 Å². The van der Waals surface area contributed by atoms with Gasteiger partial charge in [0, 0.05) is 40.4 Å². The van der Waals surface area contributed by atoms with Gasteiger partial charge in [0.2, 0.25) is 5.95 Å². The van der Waals surface area contributed by atoms with Crippen molar-refractivity contribution in [1.82, 2.24) is 29.5 Å². The highest BCUT2D eigenvalue weighted by atomic mass is 79.9. The molecule has 0 aliphatic carbocycles. The number of nitrogens with one attached hydrogen (secondary N) is 1. The minimum Gasteiger partial charge on any atom is -0.496 e. The molecule has 46 heavy (non-hydrogen) atoms. The first-order valence-electron chi connectivity index (χ1n) is 14.5. The Balaban J connectivity index is 1.67. The van der Waals surface area contributed by atoms with Gasteiger partial charge in [0.25, 0.3) is 17.4 Å². The predicted octanol–water partition coefficient (Wildman–Crippen LogP) is 5.59. The fraction of sp³-hybridized carbons (Fsp3) is 0.344. The number of hydrogen-bond acceptors (Lipinski definition) is 6. The van der Waals surface area contributed by atoms with Crippen molar-refractivity contribution >= 4 is 27.7 Å². The number of benzene rings is 2. The first-order chi connectivity index (χ1) is 21.7. The van der Waals surface area contributed by atoms with Crippen LogP contribution in [0.1, 0.15) is 75.6 Å². The van der Waals surface area contributed by atoms with Crippen molar-refractivity contribution in [3.8, 4) is 17.4 Å². The molecule has 0 saturated heterocycles. The van der Waals surface area contributed by atoms with Crippen LogP contribution < -0.4 is 15.6 Å². The molecule has 1 atom stereocenters. The van der Waals surface area contributed by atoms with Crippen LogP contribution in [0, 0.1) is 6.92 Å². The third-order valence-electron chi connectivity index (χ3n) is 7.98. The lowest BCUT2D eigenvalue weighted by Crippen LogP contribution is -2.46. The van der Waals surface area contributed by atoms with Crippen LogP contribution in [0.25, 0.3) is 11.6 Å². The normalized spacial score (nSPS) is 14.8. The number of aryl methyl sites for hydroxylation is 1. The van der Waals surface area contributed by atoms with Crippen LogP contribution in [0.15, 0.2) is 51.7 Å². The average molecular weight is 702 g/mol. The van der Waals surface area contributed by atoms with Crippen LogP contribution in [0.4, 0.5) is 13.2 Å². The summed E-state index contributed by atoms with van der Waals surface area (Å²) >= 11 is 2.92. The van der Waals surface area contributed by atoms with Crippen LogP contribution in [-0.2, 0) is 19.1 Å². The van der Waals surface area contributed by atoms with Gasteiger partial charge in [0.15, 0.2) is 0 Å². The number of methoxy groups -OCH3 is 1. The zero-order valence-electron chi connectivity index (χ0n) is 26.0. The summed E-state index contributed by atoms with van der Waals surface area (Å²) in [5.41, 5.74) is 1.29. The molecule has 1 aliphatic rings. The monoisotopic (exact) mass is 700 g/mol. The van der Waals surface area contributed by atoms with Gasteiger partial charge in [-0.05, 0) is 62.6 Å². The highest BCUT2D eigenvalue weighted by molar-refractivity contribution is 9.10. The Kier molecular flexibility index (Phi) is 8.86. The molecule has 0 spiro atoms. The van der Waals surface area contributed by atoms with Crippen LogP contribution in [0.2, 0.25) is 0 Å². The van der Waals surface area contributed by atoms with Crippen molar-refractivity contribution in [2.24, 2.45) is 0 Å². The number of alkyl halides is 3. The summed E-state index contributed by atoms with van der Waals surface area (Å²) in [5, 5.41) is 7.29. The maximum absolute atomic E-state index is 14.3. The number of hydrogen-bond donors (Lipinski definition) is 1. The van der Waals surface area contributed by atoms with Gasteiger partial charge in [-0.2, -0.15) is 18.3 Å². The maximum atomic E-state index is 14.3. The van der Waals surface area contributed by atoms with E-state index in [4.69, 9.17) is 14.8 Å². The second-order valence-electron chi connectivity index (χ2n) is 11.4. The number of carbonyl (C=O) groups is 2. The molecule has 2 amide bonds. The van der Waals surface area contributed by atoms with Crippen LogP contribution in [0.3, 0.4) is 0 Å². The van der Waals surface area contributed by atoms with E-state index in [0.717, 1.165) is 11.8 Å². The van der Waals surface area contributed by atoms with Crippen LogP contribution >= 0.6 is 15.9 Å². The minimum absolute atomic E-state index is 0.0751. The Hall–Kier alpha value is -4.46. The standard InChI is InChI=1S/C32H32BrF3N6O4/c1-16(2)25-12-18(4)42(39-25)31-38-26-15-40(29(44)19-7-10-24(33)23(13-19)32(34,35)36)17(3)11-22(26)30(45)41(31)20-8-9-21(28(43)37-5)27(14-20)46-6/h7-10,12-14,16-17H,11,15H2,1-6H3,(H,37,43). The van der Waals surface area contributed by atoms with Gasteiger partial charge in [-0.3, -0.25) is 14.4 Å². The third kappa shape index (κ3) is 5.93. The molecule has 4 aromatic rings. The molecule has 242 valence electrons. The summed E-state index contributed by atoms with van der Waals surface area (Å²) < 4.78 is 49.1. The molecule has 0 saturated carbocycles. The predicted molar refractivity (Wildman–Crippen MR) is 168 cm³/mol. The molecule has 14 heteroatoms. The van der Waals surface area contributed by atoms with Crippen LogP contribution in [0.5, 0.6) is 5.75 Å².